The summed E-state index contributed by atoms with van der Waals surface area (Å²) >= 11 is 0. The molecule has 1 N–H and O–H groups in total. The van der Waals surface area contributed by atoms with Crippen molar-refractivity contribution in [2.45, 2.75) is 13.5 Å². The Morgan fingerprint density at radius 3 is 2.80 bits per heavy atom. The molecule has 5 nitrogen and oxygen atoms in total. The standard InChI is InChI=1S/C7H10N4O.C2H7P/c1-11(2)7-5-3-12-10-6(5)8-4-9-7;1-2-3/h4H,3H2,1-2H3,(H,8,9,10);2-3H2,1H3. The number of hydrogen-bond donors (Lipinski definition) is 1. The van der Waals surface area contributed by atoms with Crippen LogP contribution in [-0.4, -0.2) is 30.2 Å². The van der Waals surface area contributed by atoms with E-state index in [0.717, 1.165) is 17.2 Å². The Kier molecular flexibility index (Phi) is 4.72. The number of nitrogens with zero attached hydrogens (tertiary/aromatic N) is 3. The maximum Gasteiger partial charge on any atom is 0.160 e. The lowest BCUT2D eigenvalue weighted by Crippen LogP contribution is -2.13. The van der Waals surface area contributed by atoms with Gasteiger partial charge in [0, 0.05) is 14.1 Å². The summed E-state index contributed by atoms with van der Waals surface area (Å²) in [7, 11) is 6.47. The molecule has 1 aromatic heterocycles. The van der Waals surface area contributed by atoms with Crippen molar-refractivity contribution < 1.29 is 4.84 Å². The van der Waals surface area contributed by atoms with E-state index >= 15 is 0 Å². The van der Waals surface area contributed by atoms with E-state index in [0.29, 0.717) is 6.61 Å². The summed E-state index contributed by atoms with van der Waals surface area (Å²) in [6.07, 6.45) is 2.69. The van der Waals surface area contributed by atoms with Crippen molar-refractivity contribution in [2.75, 3.05) is 30.6 Å². The minimum atomic E-state index is 0.531. The Bertz CT molecular complexity index is 319. The van der Waals surface area contributed by atoms with Gasteiger partial charge in [0.25, 0.3) is 0 Å². The lowest BCUT2D eigenvalue weighted by Gasteiger charge is -2.12. The quantitative estimate of drug-likeness (QED) is 0.734. The molecule has 1 aromatic rings. The molecule has 0 saturated heterocycles. The first kappa shape index (κ1) is 12.1. The second-order valence-electron chi connectivity index (χ2n) is 3.22. The van der Waals surface area contributed by atoms with Crippen LogP contribution in [0.1, 0.15) is 12.5 Å². The van der Waals surface area contributed by atoms with Gasteiger partial charge < -0.3 is 4.90 Å². The van der Waals surface area contributed by atoms with Crippen LogP contribution >= 0.6 is 9.24 Å². The zero-order chi connectivity index (χ0) is 11.3. The summed E-state index contributed by atoms with van der Waals surface area (Å²) in [6.45, 7) is 2.62. The van der Waals surface area contributed by atoms with E-state index in [1.54, 1.807) is 0 Å². The largest absolute Gasteiger partial charge is 0.362 e. The third kappa shape index (κ3) is 3.01. The maximum atomic E-state index is 5.03. The van der Waals surface area contributed by atoms with Crippen LogP contribution in [0.15, 0.2) is 6.33 Å². The molecule has 0 aliphatic carbocycles. The molecule has 2 heterocycles. The van der Waals surface area contributed by atoms with Crippen LogP contribution in [-0.2, 0) is 11.4 Å². The normalized spacial score (nSPS) is 12.3. The van der Waals surface area contributed by atoms with Gasteiger partial charge in [0.15, 0.2) is 5.82 Å². The highest BCUT2D eigenvalue weighted by atomic mass is 31.0. The van der Waals surface area contributed by atoms with Gasteiger partial charge in [-0.1, -0.05) is 6.92 Å². The minimum absolute atomic E-state index is 0.531. The van der Waals surface area contributed by atoms with Crippen molar-refractivity contribution in [3.63, 3.8) is 0 Å². The molecule has 0 bridgehead atoms. The van der Waals surface area contributed by atoms with Crippen LogP contribution in [0.5, 0.6) is 0 Å². The Balaban J connectivity index is 0.000000337. The van der Waals surface area contributed by atoms with Gasteiger partial charge in [0.2, 0.25) is 0 Å². The molecule has 0 amide bonds. The zero-order valence-corrected chi connectivity index (χ0v) is 10.5. The van der Waals surface area contributed by atoms with E-state index < -0.39 is 0 Å². The first-order chi connectivity index (χ1) is 7.20. The molecule has 84 valence electrons. The van der Waals surface area contributed by atoms with Crippen LogP contribution in [0.4, 0.5) is 11.6 Å². The van der Waals surface area contributed by atoms with Crippen LogP contribution in [0.2, 0.25) is 0 Å². The van der Waals surface area contributed by atoms with Crippen molar-refractivity contribution in [3.05, 3.63) is 11.9 Å². The van der Waals surface area contributed by atoms with Crippen molar-refractivity contribution in [1.29, 1.82) is 0 Å². The monoisotopic (exact) mass is 228 g/mol. The third-order valence-electron chi connectivity index (χ3n) is 1.73. The van der Waals surface area contributed by atoms with E-state index in [1.807, 2.05) is 19.0 Å². The predicted octanol–water partition coefficient (Wildman–Crippen LogP) is 1.28. The average Bonchev–Trinajstić information content (AvgIpc) is 2.65. The highest BCUT2D eigenvalue weighted by molar-refractivity contribution is 7.16. The van der Waals surface area contributed by atoms with E-state index in [1.165, 1.54) is 12.5 Å². The molecule has 0 saturated carbocycles. The second-order valence-corrected chi connectivity index (χ2v) is 4.03. The molecular weight excluding hydrogens is 211 g/mol. The van der Waals surface area contributed by atoms with Gasteiger partial charge in [0.1, 0.15) is 18.8 Å². The molecule has 15 heavy (non-hydrogen) atoms. The van der Waals surface area contributed by atoms with Gasteiger partial charge in [-0.2, -0.15) is 0 Å². The molecule has 0 fully saturated rings. The molecule has 0 aromatic carbocycles. The fourth-order valence-electron chi connectivity index (χ4n) is 1.19. The number of fused-ring (bicyclic) bond motifs is 1. The van der Waals surface area contributed by atoms with Gasteiger partial charge in [-0.3, -0.25) is 4.84 Å². The molecule has 0 radical (unpaired) electrons. The lowest BCUT2D eigenvalue weighted by molar-refractivity contribution is 0.202. The van der Waals surface area contributed by atoms with Crippen molar-refractivity contribution in [3.8, 4) is 0 Å². The Morgan fingerprint density at radius 1 is 1.53 bits per heavy atom. The highest BCUT2D eigenvalue weighted by Crippen LogP contribution is 2.26. The average molecular weight is 228 g/mol. The van der Waals surface area contributed by atoms with Gasteiger partial charge in [-0.25, -0.2) is 15.4 Å². The number of anilines is 2. The van der Waals surface area contributed by atoms with Gasteiger partial charge in [0.05, 0.1) is 5.56 Å². The van der Waals surface area contributed by atoms with E-state index in [-0.39, 0.29) is 0 Å². The maximum absolute atomic E-state index is 5.03. The zero-order valence-electron chi connectivity index (χ0n) is 9.32. The SMILES string of the molecule is CCP.CN(C)c1ncnc2c1CON2. The Labute approximate surface area is 92.4 Å². The van der Waals surface area contributed by atoms with Crippen molar-refractivity contribution in [2.24, 2.45) is 0 Å². The van der Waals surface area contributed by atoms with Gasteiger partial charge in [-0.05, 0) is 6.16 Å². The fourth-order valence-corrected chi connectivity index (χ4v) is 1.19. The summed E-state index contributed by atoms with van der Waals surface area (Å²) < 4.78 is 0. The Hall–Kier alpha value is -0.930. The van der Waals surface area contributed by atoms with Gasteiger partial charge in [-0.15, -0.1) is 9.24 Å². The van der Waals surface area contributed by atoms with Gasteiger partial charge >= 0.3 is 0 Å². The summed E-state index contributed by atoms with van der Waals surface area (Å²) in [5.74, 6) is 1.68. The summed E-state index contributed by atoms with van der Waals surface area (Å²) in [4.78, 5) is 15.1. The smallest absolute Gasteiger partial charge is 0.160 e. The molecular formula is C9H17N4OP. The van der Waals surface area contributed by atoms with Crippen LogP contribution < -0.4 is 10.4 Å². The second kappa shape index (κ2) is 5.83. The Morgan fingerprint density at radius 2 is 2.20 bits per heavy atom. The number of hydrogen-bond acceptors (Lipinski definition) is 5. The molecule has 1 aliphatic rings. The summed E-state index contributed by atoms with van der Waals surface area (Å²) in [5, 5.41) is 0. The first-order valence-electron chi connectivity index (χ1n) is 4.79. The van der Waals surface area contributed by atoms with Crippen LogP contribution in [0.25, 0.3) is 0 Å². The highest BCUT2D eigenvalue weighted by Gasteiger charge is 2.18. The molecule has 6 heteroatoms. The predicted molar refractivity (Wildman–Crippen MR) is 65.0 cm³/mol. The summed E-state index contributed by atoms with van der Waals surface area (Å²) in [6, 6.07) is 0. The molecule has 1 aliphatic heterocycles. The van der Waals surface area contributed by atoms with Crippen LogP contribution in [0.3, 0.4) is 0 Å². The number of nitrogens with one attached hydrogen (secondary N) is 1. The van der Waals surface area contributed by atoms with E-state index in [4.69, 9.17) is 4.84 Å². The minimum Gasteiger partial charge on any atom is -0.362 e. The molecule has 1 unspecified atom stereocenters. The first-order valence-corrected chi connectivity index (χ1v) is 5.61. The number of aromatic nitrogens is 2. The number of rotatable bonds is 1. The third-order valence-corrected chi connectivity index (χ3v) is 1.73. The van der Waals surface area contributed by atoms with E-state index in [9.17, 15) is 0 Å². The topological polar surface area (TPSA) is 50.3 Å². The molecule has 2 rings (SSSR count). The van der Waals surface area contributed by atoms with Crippen molar-refractivity contribution >= 4 is 20.9 Å². The fraction of sp³-hybridized carbons (Fsp3) is 0.556. The molecule has 1 atom stereocenters. The molecule has 0 spiro atoms. The van der Waals surface area contributed by atoms with E-state index in [2.05, 4.69) is 31.6 Å². The summed E-state index contributed by atoms with van der Waals surface area (Å²) in [5.41, 5.74) is 3.73. The lowest BCUT2D eigenvalue weighted by atomic mass is 10.3. The van der Waals surface area contributed by atoms with Crippen molar-refractivity contribution in [1.82, 2.24) is 9.97 Å². The van der Waals surface area contributed by atoms with Crippen LogP contribution in [0, 0.1) is 0 Å².